The van der Waals surface area contributed by atoms with Crippen molar-refractivity contribution in [2.45, 2.75) is 0 Å². The number of anilines is 1. The van der Waals surface area contributed by atoms with Crippen molar-refractivity contribution < 1.29 is 19.2 Å². The van der Waals surface area contributed by atoms with Gasteiger partial charge in [0.2, 0.25) is 0 Å². The molecule has 0 aromatic heterocycles. The van der Waals surface area contributed by atoms with Gasteiger partial charge in [-0.1, -0.05) is 41.4 Å². The third kappa shape index (κ3) is 6.17. The number of hydrogen-bond donors (Lipinski definition) is 1. The first-order valence-corrected chi connectivity index (χ1v) is 9.97. The molecule has 0 unspecified atom stereocenters. The number of nitrogens with one attached hydrogen (secondary N) is 1. The van der Waals surface area contributed by atoms with Crippen molar-refractivity contribution in [2.75, 3.05) is 5.32 Å². The highest BCUT2D eigenvalue weighted by Crippen LogP contribution is 2.26. The maximum atomic E-state index is 12.4. The van der Waals surface area contributed by atoms with Gasteiger partial charge in [-0.05, 0) is 48.0 Å². The monoisotopic (exact) mass is 481 g/mol. The van der Waals surface area contributed by atoms with Gasteiger partial charge in [-0.3, -0.25) is 14.9 Å². The van der Waals surface area contributed by atoms with E-state index in [0.29, 0.717) is 10.6 Å². The van der Waals surface area contributed by atoms with E-state index in [1.54, 1.807) is 6.07 Å². The number of ether oxygens (including phenoxy) is 1. The largest absolute Gasteiger partial charge is 0.423 e. The van der Waals surface area contributed by atoms with E-state index in [2.05, 4.69) is 5.32 Å². The Morgan fingerprint density at radius 3 is 2.45 bits per heavy atom. The molecule has 0 atom stereocenters. The molecule has 0 bridgehead atoms. The number of benzene rings is 3. The lowest BCUT2D eigenvalue weighted by Crippen LogP contribution is -2.13. The molecule has 0 heterocycles. The highest BCUT2D eigenvalue weighted by molar-refractivity contribution is 6.36. The summed E-state index contributed by atoms with van der Waals surface area (Å²) in [4.78, 5) is 34.9. The molecule has 8 nitrogen and oxygen atoms in total. The van der Waals surface area contributed by atoms with E-state index >= 15 is 0 Å². The molecule has 164 valence electrons. The Hall–Kier alpha value is -4.19. The number of esters is 1. The van der Waals surface area contributed by atoms with Crippen LogP contribution in [0, 0.1) is 21.4 Å². The van der Waals surface area contributed by atoms with Gasteiger partial charge in [-0.2, -0.15) is 5.26 Å². The van der Waals surface area contributed by atoms with Crippen LogP contribution >= 0.6 is 23.2 Å². The summed E-state index contributed by atoms with van der Waals surface area (Å²) in [5, 5.41) is 23.4. The van der Waals surface area contributed by atoms with Crippen molar-refractivity contribution >= 4 is 52.5 Å². The number of hydrogen-bond acceptors (Lipinski definition) is 6. The smallest absolute Gasteiger partial charge is 0.343 e. The average Bonchev–Trinajstić information content (AvgIpc) is 2.80. The van der Waals surface area contributed by atoms with Crippen LogP contribution in [0.3, 0.4) is 0 Å². The van der Waals surface area contributed by atoms with Gasteiger partial charge in [0.1, 0.15) is 17.4 Å². The van der Waals surface area contributed by atoms with E-state index in [4.69, 9.17) is 27.9 Å². The Kier molecular flexibility index (Phi) is 7.41. The van der Waals surface area contributed by atoms with Gasteiger partial charge in [-0.25, -0.2) is 4.79 Å². The first kappa shape index (κ1) is 23.5. The van der Waals surface area contributed by atoms with Gasteiger partial charge >= 0.3 is 5.97 Å². The molecule has 3 rings (SSSR count). The van der Waals surface area contributed by atoms with Gasteiger partial charge in [-0.15, -0.1) is 0 Å². The number of halogens is 2. The number of carbonyl (C=O) groups excluding carboxylic acids is 2. The highest BCUT2D eigenvalue weighted by Gasteiger charge is 2.14. The maximum Gasteiger partial charge on any atom is 0.343 e. The summed E-state index contributed by atoms with van der Waals surface area (Å²) in [7, 11) is 0. The molecule has 3 aromatic rings. The minimum absolute atomic E-state index is 0.0243. The third-order valence-electron chi connectivity index (χ3n) is 4.24. The Morgan fingerprint density at radius 1 is 1.06 bits per heavy atom. The molecule has 10 heteroatoms. The van der Waals surface area contributed by atoms with Gasteiger partial charge < -0.3 is 10.1 Å². The Morgan fingerprint density at radius 2 is 1.79 bits per heavy atom. The van der Waals surface area contributed by atoms with Crippen molar-refractivity contribution in [3.05, 3.63) is 104 Å². The predicted octanol–water partition coefficient (Wildman–Crippen LogP) is 5.67. The maximum absolute atomic E-state index is 12.4. The van der Waals surface area contributed by atoms with Gasteiger partial charge in [0.05, 0.1) is 21.2 Å². The number of amides is 1. The second kappa shape index (κ2) is 10.4. The summed E-state index contributed by atoms with van der Waals surface area (Å²) in [6.45, 7) is 0. The van der Waals surface area contributed by atoms with Gasteiger partial charge in [0.15, 0.2) is 0 Å². The third-order valence-corrected chi connectivity index (χ3v) is 4.80. The fourth-order valence-electron chi connectivity index (χ4n) is 2.64. The van der Waals surface area contributed by atoms with Crippen LogP contribution in [-0.2, 0) is 4.79 Å². The molecule has 1 N–H and O–H groups in total. The van der Waals surface area contributed by atoms with Crippen molar-refractivity contribution in [3.63, 3.8) is 0 Å². The van der Waals surface area contributed by atoms with Crippen LogP contribution in [0.25, 0.3) is 6.08 Å². The average molecular weight is 482 g/mol. The topological polar surface area (TPSA) is 122 Å². The van der Waals surface area contributed by atoms with Crippen LogP contribution in [0.4, 0.5) is 11.4 Å². The van der Waals surface area contributed by atoms with E-state index in [9.17, 15) is 25.0 Å². The Bertz CT molecular complexity index is 1310. The lowest BCUT2D eigenvalue weighted by molar-refractivity contribution is -0.384. The molecular formula is C23H13Cl2N3O5. The summed E-state index contributed by atoms with van der Waals surface area (Å²) in [6.07, 6.45) is 1.35. The zero-order valence-corrected chi connectivity index (χ0v) is 18.1. The molecule has 0 aliphatic carbocycles. The summed E-state index contributed by atoms with van der Waals surface area (Å²) in [6, 6.07) is 17.5. The fraction of sp³-hybridized carbons (Fsp3) is 0. The van der Waals surface area contributed by atoms with Crippen molar-refractivity contribution in [1.29, 1.82) is 5.26 Å². The summed E-state index contributed by atoms with van der Waals surface area (Å²) in [5.74, 6) is -1.27. The number of nitrogens with zero attached hydrogens (tertiary/aromatic N) is 2. The normalized spacial score (nSPS) is 10.8. The lowest BCUT2D eigenvalue weighted by Gasteiger charge is -2.07. The minimum Gasteiger partial charge on any atom is -0.423 e. The van der Waals surface area contributed by atoms with Gasteiger partial charge in [0, 0.05) is 17.2 Å². The van der Waals surface area contributed by atoms with Gasteiger partial charge in [0.25, 0.3) is 11.6 Å². The molecule has 0 spiro atoms. The SMILES string of the molecule is N#C/C(=C/c1ccc(OC(=O)c2cccc([N+](=O)[O-])c2)cc1)C(=O)Nc1cc(Cl)ccc1Cl. The van der Waals surface area contributed by atoms with E-state index in [1.165, 1.54) is 60.7 Å². The number of nitriles is 1. The second-order valence-corrected chi connectivity index (χ2v) is 7.36. The first-order chi connectivity index (χ1) is 15.8. The van der Waals surface area contributed by atoms with Crippen LogP contribution < -0.4 is 10.1 Å². The summed E-state index contributed by atoms with van der Waals surface area (Å²) < 4.78 is 5.22. The number of nitro groups is 1. The highest BCUT2D eigenvalue weighted by atomic mass is 35.5. The predicted molar refractivity (Wildman–Crippen MR) is 123 cm³/mol. The Balaban J connectivity index is 1.71. The molecular weight excluding hydrogens is 469 g/mol. The van der Waals surface area contributed by atoms with Crippen LogP contribution in [0.2, 0.25) is 10.0 Å². The molecule has 1 amide bonds. The van der Waals surface area contributed by atoms with Crippen molar-refractivity contribution in [2.24, 2.45) is 0 Å². The number of nitro benzene ring substituents is 1. The first-order valence-electron chi connectivity index (χ1n) is 9.21. The molecule has 0 saturated heterocycles. The zero-order valence-electron chi connectivity index (χ0n) is 16.6. The van der Waals surface area contributed by atoms with Crippen LogP contribution in [0.1, 0.15) is 15.9 Å². The Labute approximate surface area is 197 Å². The quantitative estimate of drug-likeness (QED) is 0.121. The fourth-order valence-corrected chi connectivity index (χ4v) is 2.98. The molecule has 0 saturated carbocycles. The molecule has 0 fully saturated rings. The molecule has 0 radical (unpaired) electrons. The minimum atomic E-state index is -0.766. The molecule has 0 aliphatic heterocycles. The number of non-ortho nitro benzene ring substituents is 1. The van der Waals surface area contributed by atoms with Crippen molar-refractivity contribution in [3.8, 4) is 11.8 Å². The number of carbonyl (C=O) groups is 2. The second-order valence-electron chi connectivity index (χ2n) is 6.51. The van der Waals surface area contributed by atoms with E-state index < -0.39 is 16.8 Å². The standard InChI is InChI=1S/C23H13Cl2N3O5/c24-17-6-9-20(25)21(12-17)27-22(29)16(13-26)10-14-4-7-19(8-5-14)33-23(30)15-2-1-3-18(11-15)28(31)32/h1-12H,(H,27,29)/b16-10-. The van der Waals surface area contributed by atoms with E-state index in [1.807, 2.05) is 6.07 Å². The zero-order chi connectivity index (χ0) is 24.0. The van der Waals surface area contributed by atoms with Crippen LogP contribution in [0.15, 0.2) is 72.3 Å². The summed E-state index contributed by atoms with van der Waals surface area (Å²) >= 11 is 11.9. The number of rotatable bonds is 6. The van der Waals surface area contributed by atoms with E-state index in [-0.39, 0.29) is 33.3 Å². The van der Waals surface area contributed by atoms with Crippen LogP contribution in [0.5, 0.6) is 5.75 Å². The van der Waals surface area contributed by atoms with E-state index in [0.717, 1.165) is 6.07 Å². The van der Waals surface area contributed by atoms with Crippen molar-refractivity contribution in [1.82, 2.24) is 0 Å². The molecule has 33 heavy (non-hydrogen) atoms. The summed E-state index contributed by atoms with van der Waals surface area (Å²) in [5.41, 5.74) is 0.364. The van der Waals surface area contributed by atoms with Crippen LogP contribution in [-0.4, -0.2) is 16.8 Å². The molecule has 3 aromatic carbocycles. The molecule has 0 aliphatic rings. The lowest BCUT2D eigenvalue weighted by atomic mass is 10.1.